The molecule has 2 saturated heterocycles. The fraction of sp³-hybridized carbons (Fsp3) is 0.586. The summed E-state index contributed by atoms with van der Waals surface area (Å²) < 4.78 is 0. The summed E-state index contributed by atoms with van der Waals surface area (Å²) in [7, 11) is 0. The smallest absolute Gasteiger partial charge is 0.233 e. The highest BCUT2D eigenvalue weighted by molar-refractivity contribution is 7.99. The van der Waals surface area contributed by atoms with Crippen LogP contribution in [0, 0.1) is 0 Å². The zero-order chi connectivity index (χ0) is 28.5. The average molecular weight is 608 g/mol. The Bertz CT molecular complexity index is 1150. The first-order valence-corrected chi connectivity index (χ1v) is 16.1. The molecule has 0 radical (unpaired) electrons. The number of hydrogen-bond acceptors (Lipinski definition) is 7. The van der Waals surface area contributed by atoms with E-state index in [0.717, 1.165) is 37.4 Å². The number of benzene rings is 1. The van der Waals surface area contributed by atoms with Crippen LogP contribution in [0.5, 0.6) is 0 Å². The van der Waals surface area contributed by atoms with Gasteiger partial charge in [0.2, 0.25) is 11.8 Å². The molecule has 2 aromatic rings. The van der Waals surface area contributed by atoms with Crippen LogP contribution in [-0.4, -0.2) is 89.2 Å². The summed E-state index contributed by atoms with van der Waals surface area (Å²) in [5.74, 6) is 1.31. The SMILES string of the molecule is CCCCCCCC(=O)N1CCN(c2cc(Cl)nc(SCC(=O)N3CCN(c4cccc(Cl)c4)CC3)n2)CC1C. The number of unbranched alkanes of at least 4 members (excludes halogenated alkanes) is 4. The van der Waals surface area contributed by atoms with E-state index >= 15 is 0 Å². The van der Waals surface area contributed by atoms with Gasteiger partial charge in [0.05, 0.1) is 5.75 Å². The molecule has 0 saturated carbocycles. The van der Waals surface area contributed by atoms with E-state index in [2.05, 4.69) is 28.6 Å². The fourth-order valence-corrected chi connectivity index (χ4v) is 6.44. The van der Waals surface area contributed by atoms with Crippen molar-refractivity contribution in [2.45, 2.75) is 63.6 Å². The highest BCUT2D eigenvalue weighted by Crippen LogP contribution is 2.26. The molecular formula is C29H40Cl2N6O2S. The Morgan fingerprint density at radius 1 is 0.925 bits per heavy atom. The molecule has 1 atom stereocenters. The number of piperazine rings is 2. The van der Waals surface area contributed by atoms with Crippen LogP contribution >= 0.6 is 35.0 Å². The normalized spacial score (nSPS) is 17.9. The van der Waals surface area contributed by atoms with Crippen molar-refractivity contribution in [3.8, 4) is 0 Å². The van der Waals surface area contributed by atoms with Crippen LogP contribution in [-0.2, 0) is 9.59 Å². The van der Waals surface area contributed by atoms with Crippen molar-refractivity contribution in [1.29, 1.82) is 0 Å². The van der Waals surface area contributed by atoms with Gasteiger partial charge in [0.15, 0.2) is 5.16 Å². The van der Waals surface area contributed by atoms with Crippen LogP contribution in [0.1, 0.15) is 52.4 Å². The van der Waals surface area contributed by atoms with Crippen molar-refractivity contribution in [1.82, 2.24) is 19.8 Å². The Morgan fingerprint density at radius 3 is 2.40 bits per heavy atom. The van der Waals surface area contributed by atoms with Gasteiger partial charge in [-0.3, -0.25) is 9.59 Å². The van der Waals surface area contributed by atoms with E-state index in [4.69, 9.17) is 28.2 Å². The van der Waals surface area contributed by atoms with Gasteiger partial charge in [0, 0.05) is 75.1 Å². The summed E-state index contributed by atoms with van der Waals surface area (Å²) in [6.07, 6.45) is 6.35. The van der Waals surface area contributed by atoms with E-state index in [9.17, 15) is 9.59 Å². The minimum absolute atomic E-state index is 0.0660. The maximum Gasteiger partial charge on any atom is 0.233 e. The maximum atomic E-state index is 12.9. The molecule has 8 nitrogen and oxygen atoms in total. The van der Waals surface area contributed by atoms with E-state index < -0.39 is 0 Å². The summed E-state index contributed by atoms with van der Waals surface area (Å²) in [5, 5.41) is 1.56. The zero-order valence-corrected chi connectivity index (χ0v) is 25.9. The standard InChI is InChI=1S/C29H40Cl2N6O2S/c1-3-4-5-6-7-11-27(38)37-17-16-36(20-22(37)2)26-19-25(31)32-29(33-26)40-21-28(39)35-14-12-34(13-15-35)24-10-8-9-23(30)18-24/h8-10,18-19,22H,3-7,11-17,20-21H2,1-2H3. The molecule has 2 aliphatic rings. The van der Waals surface area contributed by atoms with Crippen LogP contribution in [0.25, 0.3) is 0 Å². The minimum Gasteiger partial charge on any atom is -0.368 e. The van der Waals surface area contributed by atoms with Crippen molar-refractivity contribution in [2.24, 2.45) is 0 Å². The van der Waals surface area contributed by atoms with Crippen LogP contribution in [0.15, 0.2) is 35.5 Å². The largest absolute Gasteiger partial charge is 0.368 e. The van der Waals surface area contributed by atoms with Gasteiger partial charge in [-0.15, -0.1) is 0 Å². The van der Waals surface area contributed by atoms with Crippen molar-refractivity contribution >= 4 is 58.3 Å². The van der Waals surface area contributed by atoms with Crippen LogP contribution in [0.3, 0.4) is 0 Å². The Balaban J connectivity index is 1.25. The Kier molecular flexibility index (Phi) is 11.6. The molecule has 3 heterocycles. The van der Waals surface area contributed by atoms with E-state index in [1.165, 1.54) is 31.0 Å². The molecule has 40 heavy (non-hydrogen) atoms. The van der Waals surface area contributed by atoms with Crippen molar-refractivity contribution in [3.05, 3.63) is 40.5 Å². The van der Waals surface area contributed by atoms with Crippen molar-refractivity contribution < 1.29 is 9.59 Å². The summed E-state index contributed by atoms with van der Waals surface area (Å²) in [4.78, 5) is 43.1. The fourth-order valence-electron chi connectivity index (χ4n) is 5.28. The predicted octanol–water partition coefficient (Wildman–Crippen LogP) is 5.62. The number of aromatic nitrogens is 2. The number of thioether (sulfide) groups is 1. The molecule has 2 aliphatic heterocycles. The molecule has 0 spiro atoms. The monoisotopic (exact) mass is 606 g/mol. The first-order valence-electron chi connectivity index (χ1n) is 14.3. The first kappa shape index (κ1) is 30.7. The third-order valence-corrected chi connectivity index (χ3v) is 8.82. The van der Waals surface area contributed by atoms with Gasteiger partial charge in [-0.25, -0.2) is 9.97 Å². The van der Waals surface area contributed by atoms with Gasteiger partial charge >= 0.3 is 0 Å². The summed E-state index contributed by atoms with van der Waals surface area (Å²) in [6.45, 7) is 9.18. The van der Waals surface area contributed by atoms with Crippen molar-refractivity contribution in [2.75, 3.05) is 61.4 Å². The molecule has 218 valence electrons. The second kappa shape index (κ2) is 15.1. The van der Waals surface area contributed by atoms with Crippen molar-refractivity contribution in [3.63, 3.8) is 0 Å². The Labute approximate surface area is 252 Å². The number of halogens is 2. The highest BCUT2D eigenvalue weighted by Gasteiger charge is 2.28. The molecule has 2 fully saturated rings. The summed E-state index contributed by atoms with van der Waals surface area (Å²) in [5.41, 5.74) is 1.08. The Morgan fingerprint density at radius 2 is 1.68 bits per heavy atom. The Hall–Kier alpha value is -2.23. The van der Waals surface area contributed by atoms with Gasteiger partial charge < -0.3 is 19.6 Å². The maximum absolute atomic E-state index is 12.9. The number of anilines is 2. The average Bonchev–Trinajstić information content (AvgIpc) is 2.95. The van der Waals surface area contributed by atoms with Crippen LogP contribution in [0.2, 0.25) is 10.2 Å². The van der Waals surface area contributed by atoms with Gasteiger partial charge in [-0.1, -0.05) is 73.6 Å². The van der Waals surface area contributed by atoms with Gasteiger partial charge in [-0.2, -0.15) is 0 Å². The number of carbonyl (C=O) groups excluding carboxylic acids is 2. The molecule has 0 aliphatic carbocycles. The second-order valence-electron chi connectivity index (χ2n) is 10.5. The van der Waals surface area contributed by atoms with E-state index in [-0.39, 0.29) is 23.6 Å². The molecule has 1 aromatic heterocycles. The topological polar surface area (TPSA) is 72.9 Å². The quantitative estimate of drug-likeness (QED) is 0.142. The molecule has 0 bridgehead atoms. The number of rotatable bonds is 11. The summed E-state index contributed by atoms with van der Waals surface area (Å²) in [6, 6.07) is 9.67. The number of amides is 2. The van der Waals surface area contributed by atoms with Crippen LogP contribution < -0.4 is 9.80 Å². The van der Waals surface area contributed by atoms with E-state index in [0.29, 0.717) is 54.5 Å². The third kappa shape index (κ3) is 8.63. The van der Waals surface area contributed by atoms with Crippen LogP contribution in [0.4, 0.5) is 11.5 Å². The lowest BCUT2D eigenvalue weighted by Gasteiger charge is -2.40. The molecule has 4 rings (SSSR count). The lowest BCUT2D eigenvalue weighted by Crippen LogP contribution is -2.54. The molecule has 1 unspecified atom stereocenters. The molecule has 0 N–H and O–H groups in total. The third-order valence-electron chi connectivity index (χ3n) is 7.56. The molecule has 11 heteroatoms. The lowest BCUT2D eigenvalue weighted by atomic mass is 10.1. The van der Waals surface area contributed by atoms with Gasteiger partial charge in [-0.05, 0) is 31.5 Å². The van der Waals surface area contributed by atoms with E-state index in [1.54, 1.807) is 6.07 Å². The van der Waals surface area contributed by atoms with E-state index in [1.807, 2.05) is 34.1 Å². The highest BCUT2D eigenvalue weighted by atomic mass is 35.5. The number of carbonyl (C=O) groups is 2. The zero-order valence-electron chi connectivity index (χ0n) is 23.5. The molecule has 1 aromatic carbocycles. The van der Waals surface area contributed by atoms with Gasteiger partial charge in [0.25, 0.3) is 0 Å². The first-order chi connectivity index (χ1) is 19.3. The molecular weight excluding hydrogens is 567 g/mol. The minimum atomic E-state index is 0.0660. The second-order valence-corrected chi connectivity index (χ2v) is 12.3. The van der Waals surface area contributed by atoms with Gasteiger partial charge in [0.1, 0.15) is 11.0 Å². The predicted molar refractivity (Wildman–Crippen MR) is 165 cm³/mol. The molecule has 2 amide bonds. The lowest BCUT2D eigenvalue weighted by molar-refractivity contribution is -0.133. The number of nitrogens with zero attached hydrogens (tertiary/aromatic N) is 6. The number of hydrogen-bond donors (Lipinski definition) is 0. The summed E-state index contributed by atoms with van der Waals surface area (Å²) >= 11 is 13.8.